The second-order valence-corrected chi connectivity index (χ2v) is 19.2. The summed E-state index contributed by atoms with van der Waals surface area (Å²) in [4.78, 5) is 10.0. The van der Waals surface area contributed by atoms with Crippen molar-refractivity contribution in [2.75, 3.05) is 0 Å². The molecule has 6 aromatic carbocycles. The van der Waals surface area contributed by atoms with Crippen molar-refractivity contribution in [3.63, 3.8) is 0 Å². The topological polar surface area (TPSA) is 50.9 Å². The Morgan fingerprint density at radius 1 is 0.532 bits per heavy atom. The lowest BCUT2D eigenvalue weighted by Crippen LogP contribution is -2.17. The number of nitrogens with zero attached hydrogens (tertiary/aromatic N) is 3. The highest BCUT2D eigenvalue weighted by Crippen LogP contribution is 2.46. The van der Waals surface area contributed by atoms with E-state index < -0.39 is 67.2 Å². The van der Waals surface area contributed by atoms with Crippen LogP contribution in [0.4, 0.5) is 0 Å². The van der Waals surface area contributed by atoms with Crippen molar-refractivity contribution < 1.29 is 24.3 Å². The van der Waals surface area contributed by atoms with E-state index in [-0.39, 0.29) is 44.5 Å². The summed E-state index contributed by atoms with van der Waals surface area (Å²) in [6, 6.07) is 29.7. The lowest BCUT2D eigenvalue weighted by atomic mass is 9.79. The Hall–Kier alpha value is -6.26. The van der Waals surface area contributed by atoms with Gasteiger partial charge >= 0.3 is 0 Å². The maximum atomic E-state index is 12.6. The van der Waals surface area contributed by atoms with Crippen LogP contribution >= 0.6 is 0 Å². The summed E-state index contributed by atoms with van der Waals surface area (Å²) in [7, 11) is 0. The Morgan fingerprint density at radius 2 is 1.21 bits per heavy atom. The van der Waals surface area contributed by atoms with Gasteiger partial charge in [-0.25, -0.2) is 4.98 Å². The predicted molar refractivity (Wildman–Crippen MR) is 263 cm³/mol. The number of para-hydroxylation sites is 1. The first-order valence-corrected chi connectivity index (χ1v) is 20.8. The van der Waals surface area contributed by atoms with Gasteiger partial charge in [0.25, 0.3) is 0 Å². The molecule has 0 amide bonds. The summed E-state index contributed by atoms with van der Waals surface area (Å²) in [5, 5.41) is 12.6. The van der Waals surface area contributed by atoms with E-state index in [1.165, 1.54) is 30.5 Å². The number of aromatic hydroxyl groups is 1. The number of hydrogen-bond donors (Lipinski definition) is 1. The van der Waals surface area contributed by atoms with Crippen molar-refractivity contribution in [3.05, 3.63) is 168 Å². The number of imidazole rings is 1. The van der Waals surface area contributed by atoms with Crippen LogP contribution in [0.3, 0.4) is 0 Å². The minimum Gasteiger partial charge on any atom is -0.507 e. The molecule has 2 aromatic heterocycles. The van der Waals surface area contributed by atoms with Gasteiger partial charge in [-0.15, -0.1) is 0 Å². The Morgan fingerprint density at radius 3 is 1.89 bits per heavy atom. The molecule has 0 atom stereocenters. The van der Waals surface area contributed by atoms with E-state index in [0.29, 0.717) is 39.2 Å². The Bertz CT molecular complexity index is 3510. The minimum absolute atomic E-state index is 0.0124. The van der Waals surface area contributed by atoms with Gasteiger partial charge in [0, 0.05) is 40.8 Å². The summed E-state index contributed by atoms with van der Waals surface area (Å²) >= 11 is 0. The maximum Gasteiger partial charge on any atom is 0.149 e. The molecule has 0 radical (unpaired) electrons. The molecule has 0 aliphatic rings. The number of phenols is 1. The molecule has 4 heteroatoms. The van der Waals surface area contributed by atoms with Gasteiger partial charge in [0.05, 0.1) is 34.8 Å². The minimum atomic E-state index is -3.66. The third kappa shape index (κ3) is 8.23. The van der Waals surface area contributed by atoms with E-state index in [1.54, 1.807) is 18.2 Å². The van der Waals surface area contributed by atoms with Crippen molar-refractivity contribution in [2.24, 2.45) is 0 Å². The van der Waals surface area contributed by atoms with Crippen molar-refractivity contribution in [1.82, 2.24) is 14.5 Å². The van der Waals surface area contributed by atoms with Crippen LogP contribution in [0.15, 0.2) is 146 Å². The standard InChI is InChI=1S/C58H61N3O/c1-55(2,3)42-26-27-50(46(34-42)38-22-17-14-18-23-38)61-51-25-19-24-45(52(51)60-54(61)47-35-44(57(7,8)9)36-48(53(47)62)58(10,11)12)40-30-41(32-43(31-40)56(4,5)6)49-33-39(28-29-59-49)37-20-15-13-16-21-37/h13-36,62H,1-12H3/i4D3,5D3,6D3,13D,15D,16D,20D,21D. The molecule has 314 valence electrons. The molecular formula is C58H61N3O. The van der Waals surface area contributed by atoms with Crippen LogP contribution in [0, 0.1) is 0 Å². The van der Waals surface area contributed by atoms with Crippen molar-refractivity contribution in [3.8, 4) is 67.5 Å². The van der Waals surface area contributed by atoms with Crippen molar-refractivity contribution >= 4 is 11.0 Å². The van der Waals surface area contributed by atoms with Gasteiger partial charge in [-0.1, -0.05) is 174 Å². The summed E-state index contributed by atoms with van der Waals surface area (Å²) in [6.45, 7) is 7.77. The second kappa shape index (κ2) is 15.6. The zero-order valence-electron chi connectivity index (χ0n) is 50.8. The van der Waals surface area contributed by atoms with Crippen LogP contribution in [0.1, 0.15) is 124 Å². The maximum absolute atomic E-state index is 12.6. The predicted octanol–water partition coefficient (Wildman–Crippen LogP) is 15.7. The molecule has 2 heterocycles. The molecule has 0 saturated heterocycles. The third-order valence-electron chi connectivity index (χ3n) is 11.4. The average Bonchev–Trinajstić information content (AvgIpc) is 3.77. The fourth-order valence-electron chi connectivity index (χ4n) is 7.90. The van der Waals surface area contributed by atoms with E-state index in [1.807, 2.05) is 79.9 Å². The molecule has 0 aliphatic carbocycles. The molecule has 0 saturated carbocycles. The molecular weight excluding hydrogens is 755 g/mol. The fraction of sp³-hybridized carbons (Fsp3) is 0.276. The SMILES string of the molecule is [2H]c1c([2H])c([2H])c(-c2ccnc(-c3cc(-c4cccc5c4nc(-c4cc(C(C)(C)C)cc(C(C)(C)C)c4O)n5-c4ccc(C(C)(C)C)cc4-c4ccccc4)cc(C(C([2H])([2H])[2H])(C([2H])([2H])[2H])C([2H])([2H])[2H])c3)c2)c([2H])c1[2H]. The average molecular weight is 830 g/mol. The largest absolute Gasteiger partial charge is 0.507 e. The lowest BCUT2D eigenvalue weighted by Gasteiger charge is -2.28. The third-order valence-corrected chi connectivity index (χ3v) is 11.4. The first-order valence-electron chi connectivity index (χ1n) is 27.8. The number of pyridine rings is 1. The van der Waals surface area contributed by atoms with Crippen LogP contribution in [-0.2, 0) is 21.7 Å². The first-order chi connectivity index (χ1) is 35.0. The number of fused-ring (bicyclic) bond motifs is 1. The van der Waals surface area contributed by atoms with Crippen molar-refractivity contribution in [2.45, 2.75) is 105 Å². The molecule has 0 bridgehead atoms. The Kier molecular flexibility index (Phi) is 7.13. The molecule has 0 unspecified atom stereocenters. The van der Waals surface area contributed by atoms with Crippen LogP contribution in [0.5, 0.6) is 5.75 Å². The number of benzene rings is 6. The number of phenolic OH excluding ortho intramolecular Hbond substituents is 1. The number of hydrogen-bond acceptors (Lipinski definition) is 3. The van der Waals surface area contributed by atoms with Gasteiger partial charge < -0.3 is 5.11 Å². The van der Waals surface area contributed by atoms with E-state index in [0.717, 1.165) is 22.3 Å². The number of rotatable bonds is 6. The Labute approximate surface area is 389 Å². The molecule has 1 N–H and O–H groups in total. The molecule has 4 nitrogen and oxygen atoms in total. The normalized spacial score (nSPS) is 16.5. The molecule has 0 fully saturated rings. The summed E-state index contributed by atoms with van der Waals surface area (Å²) in [5.41, 5.74) is 1.85. The molecule has 8 rings (SSSR count). The highest BCUT2D eigenvalue weighted by Gasteiger charge is 2.30. The zero-order valence-corrected chi connectivity index (χ0v) is 36.8. The summed E-state index contributed by atoms with van der Waals surface area (Å²) < 4.78 is 123. The molecule has 62 heavy (non-hydrogen) atoms. The molecule has 8 aromatic rings. The fourth-order valence-corrected chi connectivity index (χ4v) is 7.90. The summed E-state index contributed by atoms with van der Waals surface area (Å²) in [5.74, 6) is 0.363. The highest BCUT2D eigenvalue weighted by molar-refractivity contribution is 5.98. The van der Waals surface area contributed by atoms with Gasteiger partial charge in [0.2, 0.25) is 0 Å². The molecule has 0 spiro atoms. The lowest BCUT2D eigenvalue weighted by molar-refractivity contribution is 0.446. The van der Waals surface area contributed by atoms with E-state index in [4.69, 9.17) is 24.2 Å². The van der Waals surface area contributed by atoms with Gasteiger partial charge in [0.1, 0.15) is 11.6 Å². The van der Waals surface area contributed by atoms with Crippen LogP contribution in [-0.4, -0.2) is 19.6 Å². The van der Waals surface area contributed by atoms with Crippen LogP contribution < -0.4 is 0 Å². The monoisotopic (exact) mass is 830 g/mol. The van der Waals surface area contributed by atoms with Gasteiger partial charge in [0.15, 0.2) is 0 Å². The van der Waals surface area contributed by atoms with Crippen molar-refractivity contribution in [1.29, 1.82) is 0 Å². The van der Waals surface area contributed by atoms with E-state index >= 15 is 0 Å². The van der Waals surface area contributed by atoms with Gasteiger partial charge in [-0.2, -0.15) is 0 Å². The quantitative estimate of drug-likeness (QED) is 0.182. The number of aromatic nitrogens is 3. The van der Waals surface area contributed by atoms with E-state index in [9.17, 15) is 5.11 Å². The van der Waals surface area contributed by atoms with Crippen LogP contribution in [0.25, 0.3) is 72.7 Å². The zero-order chi connectivity index (χ0) is 56.2. The van der Waals surface area contributed by atoms with Gasteiger partial charge in [-0.05, 0) is 109 Å². The van der Waals surface area contributed by atoms with Crippen LogP contribution in [0.2, 0.25) is 0 Å². The molecule has 0 aliphatic heterocycles. The highest BCUT2D eigenvalue weighted by atomic mass is 16.3. The Balaban J connectivity index is 1.55. The van der Waals surface area contributed by atoms with Gasteiger partial charge in [-0.3, -0.25) is 9.55 Å². The summed E-state index contributed by atoms with van der Waals surface area (Å²) in [6.07, 6.45) is 1.33. The first kappa shape index (κ1) is 28.4. The second-order valence-electron chi connectivity index (χ2n) is 19.2. The smallest absolute Gasteiger partial charge is 0.149 e. The van der Waals surface area contributed by atoms with E-state index in [2.05, 4.69) is 58.7 Å².